The highest BCUT2D eigenvalue weighted by atomic mass is 16.6. The van der Waals surface area contributed by atoms with E-state index >= 15 is 0 Å². The van der Waals surface area contributed by atoms with Crippen LogP contribution in [0.15, 0.2) is 60.4 Å². The zero-order valence-electron chi connectivity index (χ0n) is 13.0. The second-order valence-corrected chi connectivity index (χ2v) is 4.95. The van der Waals surface area contributed by atoms with Crippen LogP contribution < -0.4 is 4.74 Å². The maximum Gasteiger partial charge on any atom is 0.335 e. The lowest BCUT2D eigenvalue weighted by atomic mass is 9.90. The number of hydrogen-bond donors (Lipinski definition) is 0. The van der Waals surface area contributed by atoms with Gasteiger partial charge in [-0.2, -0.15) is 0 Å². The lowest BCUT2D eigenvalue weighted by molar-refractivity contribution is -0.153. The summed E-state index contributed by atoms with van der Waals surface area (Å²) in [6.45, 7) is 1.98. The molecule has 0 fully saturated rings. The topological polar surface area (TPSA) is 44.8 Å². The molecule has 0 heterocycles. The molecule has 116 valence electrons. The first kappa shape index (κ1) is 16.0. The fraction of sp³-hybridized carbons (Fsp3) is 0.278. The molecule has 0 aromatic heterocycles. The molecule has 0 spiro atoms. The number of hydrogen-bond acceptors (Lipinski definition) is 4. The van der Waals surface area contributed by atoms with Crippen molar-refractivity contribution in [1.29, 1.82) is 0 Å². The van der Waals surface area contributed by atoms with Gasteiger partial charge in [0.25, 0.3) is 0 Å². The Morgan fingerprint density at radius 1 is 1.23 bits per heavy atom. The van der Waals surface area contributed by atoms with E-state index in [9.17, 15) is 4.79 Å². The van der Waals surface area contributed by atoms with Crippen LogP contribution in [-0.4, -0.2) is 26.3 Å². The highest BCUT2D eigenvalue weighted by molar-refractivity contribution is 5.76. The van der Waals surface area contributed by atoms with Crippen LogP contribution in [0.5, 0.6) is 5.75 Å². The molecule has 0 saturated heterocycles. The number of carbonyl (C=O) groups excluding carboxylic acids is 1. The standard InChI is InChI=1S/C18H20O4/c1-13-8-4-7-11-16(13)22-12-14-9-5-6-10-15(14)17(20-2)18(19)21-3/h4-12,15,17H,1-3H3. The molecular formula is C18H20O4. The second-order valence-electron chi connectivity index (χ2n) is 4.95. The molecule has 0 aliphatic heterocycles. The number of rotatable bonds is 5. The number of aryl methyl sites for hydroxylation is 1. The number of allylic oxidation sites excluding steroid dienone is 3. The largest absolute Gasteiger partial charge is 0.467 e. The van der Waals surface area contributed by atoms with Crippen LogP contribution in [0, 0.1) is 12.8 Å². The van der Waals surface area contributed by atoms with Gasteiger partial charge in [0.15, 0.2) is 6.10 Å². The summed E-state index contributed by atoms with van der Waals surface area (Å²) < 4.78 is 15.8. The highest BCUT2D eigenvalue weighted by Gasteiger charge is 2.30. The average Bonchev–Trinajstić information content (AvgIpc) is 2.55. The van der Waals surface area contributed by atoms with Crippen molar-refractivity contribution in [3.63, 3.8) is 0 Å². The van der Waals surface area contributed by atoms with Crippen molar-refractivity contribution in [2.75, 3.05) is 14.2 Å². The number of benzene rings is 1. The Kier molecular flexibility index (Phi) is 5.55. The highest BCUT2D eigenvalue weighted by Crippen LogP contribution is 2.26. The molecule has 1 aliphatic rings. The van der Waals surface area contributed by atoms with E-state index in [4.69, 9.17) is 14.2 Å². The van der Waals surface area contributed by atoms with E-state index in [1.54, 1.807) is 6.26 Å². The predicted octanol–water partition coefficient (Wildman–Crippen LogP) is 3.19. The Labute approximate surface area is 130 Å². The molecule has 2 rings (SSSR count). The number of ether oxygens (including phenoxy) is 3. The zero-order chi connectivity index (χ0) is 15.9. The summed E-state index contributed by atoms with van der Waals surface area (Å²) in [5, 5.41) is 0. The fourth-order valence-electron chi connectivity index (χ4n) is 2.29. The maximum absolute atomic E-state index is 11.8. The predicted molar refractivity (Wildman–Crippen MR) is 84.5 cm³/mol. The molecule has 0 bridgehead atoms. The van der Waals surface area contributed by atoms with Gasteiger partial charge in [0.05, 0.1) is 13.4 Å². The number of carbonyl (C=O) groups is 1. The van der Waals surface area contributed by atoms with Gasteiger partial charge >= 0.3 is 5.97 Å². The first-order chi connectivity index (χ1) is 10.7. The van der Waals surface area contributed by atoms with Crippen molar-refractivity contribution in [1.82, 2.24) is 0 Å². The van der Waals surface area contributed by atoms with Crippen molar-refractivity contribution in [2.45, 2.75) is 13.0 Å². The molecular weight excluding hydrogens is 280 g/mol. The minimum absolute atomic E-state index is 0.244. The van der Waals surface area contributed by atoms with Gasteiger partial charge in [-0.15, -0.1) is 0 Å². The Morgan fingerprint density at radius 3 is 2.68 bits per heavy atom. The van der Waals surface area contributed by atoms with Crippen LogP contribution in [0.2, 0.25) is 0 Å². The first-order valence-electron chi connectivity index (χ1n) is 7.05. The molecule has 0 amide bonds. The summed E-state index contributed by atoms with van der Waals surface area (Å²) in [5.41, 5.74) is 1.89. The third-order valence-corrected chi connectivity index (χ3v) is 3.53. The quantitative estimate of drug-likeness (QED) is 0.619. The summed E-state index contributed by atoms with van der Waals surface area (Å²) in [7, 11) is 2.84. The van der Waals surface area contributed by atoms with E-state index in [0.29, 0.717) is 0 Å². The molecule has 2 unspecified atom stereocenters. The van der Waals surface area contributed by atoms with E-state index in [0.717, 1.165) is 16.9 Å². The fourth-order valence-corrected chi connectivity index (χ4v) is 2.29. The van der Waals surface area contributed by atoms with Crippen LogP contribution in [-0.2, 0) is 14.3 Å². The number of para-hydroxylation sites is 1. The van der Waals surface area contributed by atoms with Crippen LogP contribution in [0.4, 0.5) is 0 Å². The third kappa shape index (κ3) is 3.65. The lowest BCUT2D eigenvalue weighted by Gasteiger charge is -2.23. The van der Waals surface area contributed by atoms with Crippen molar-refractivity contribution in [2.24, 2.45) is 5.92 Å². The Morgan fingerprint density at radius 2 is 2.00 bits per heavy atom. The van der Waals surface area contributed by atoms with Crippen molar-refractivity contribution in [3.8, 4) is 5.75 Å². The summed E-state index contributed by atoms with van der Waals surface area (Å²) in [4.78, 5) is 11.8. The van der Waals surface area contributed by atoms with Gasteiger partial charge in [0.2, 0.25) is 0 Å². The van der Waals surface area contributed by atoms with Gasteiger partial charge in [0, 0.05) is 13.0 Å². The Bertz CT molecular complexity index is 613. The molecule has 0 radical (unpaired) electrons. The summed E-state index contributed by atoms with van der Waals surface area (Å²) in [5.74, 6) is 0.129. The molecule has 4 heteroatoms. The average molecular weight is 300 g/mol. The smallest absolute Gasteiger partial charge is 0.335 e. The Balaban J connectivity index is 2.21. The lowest BCUT2D eigenvalue weighted by Crippen LogP contribution is -2.33. The number of esters is 1. The summed E-state index contributed by atoms with van der Waals surface area (Å²) >= 11 is 0. The van der Waals surface area contributed by atoms with Crippen LogP contribution >= 0.6 is 0 Å². The zero-order valence-corrected chi connectivity index (χ0v) is 13.0. The van der Waals surface area contributed by atoms with Gasteiger partial charge in [-0.25, -0.2) is 4.79 Å². The van der Waals surface area contributed by atoms with Crippen LogP contribution in [0.25, 0.3) is 0 Å². The van der Waals surface area contributed by atoms with E-state index in [1.165, 1.54) is 14.2 Å². The van der Waals surface area contributed by atoms with Gasteiger partial charge in [-0.1, -0.05) is 42.5 Å². The van der Waals surface area contributed by atoms with E-state index in [-0.39, 0.29) is 5.92 Å². The first-order valence-corrected chi connectivity index (χ1v) is 7.05. The molecule has 1 aromatic carbocycles. The van der Waals surface area contributed by atoms with Gasteiger partial charge in [0.1, 0.15) is 5.75 Å². The molecule has 1 aliphatic carbocycles. The normalized spacial score (nSPS) is 20.0. The van der Waals surface area contributed by atoms with Crippen molar-refractivity contribution in [3.05, 3.63) is 66.0 Å². The van der Waals surface area contributed by atoms with E-state index < -0.39 is 12.1 Å². The second kappa shape index (κ2) is 7.61. The maximum atomic E-state index is 11.8. The molecule has 0 N–H and O–H groups in total. The van der Waals surface area contributed by atoms with Crippen LogP contribution in [0.1, 0.15) is 5.56 Å². The monoisotopic (exact) mass is 300 g/mol. The Hall–Kier alpha value is -2.33. The third-order valence-electron chi connectivity index (χ3n) is 3.53. The summed E-state index contributed by atoms with van der Waals surface area (Å²) in [6, 6.07) is 7.76. The van der Waals surface area contributed by atoms with Gasteiger partial charge in [-0.05, 0) is 24.1 Å². The molecule has 0 saturated carbocycles. The van der Waals surface area contributed by atoms with Gasteiger partial charge in [-0.3, -0.25) is 0 Å². The van der Waals surface area contributed by atoms with Gasteiger partial charge < -0.3 is 14.2 Å². The number of methoxy groups -OCH3 is 2. The van der Waals surface area contributed by atoms with E-state index in [1.807, 2.05) is 55.5 Å². The molecule has 1 aromatic rings. The van der Waals surface area contributed by atoms with Crippen LogP contribution in [0.3, 0.4) is 0 Å². The molecule has 2 atom stereocenters. The minimum atomic E-state index is -0.696. The minimum Gasteiger partial charge on any atom is -0.467 e. The molecule has 22 heavy (non-hydrogen) atoms. The molecule has 4 nitrogen and oxygen atoms in total. The summed E-state index contributed by atoms with van der Waals surface area (Å²) in [6.07, 6.45) is 8.54. The van der Waals surface area contributed by atoms with Crippen molar-refractivity contribution < 1.29 is 19.0 Å². The van der Waals surface area contributed by atoms with Crippen molar-refractivity contribution >= 4 is 5.97 Å². The van der Waals surface area contributed by atoms with E-state index in [2.05, 4.69) is 0 Å². The SMILES string of the molecule is COC(=O)C(OC)C1C=CC=CC1=COc1ccccc1C.